The molecular formula is C18H25ClIN5OS. The molecule has 0 fully saturated rings. The fourth-order valence-electron chi connectivity index (χ4n) is 2.27. The molecule has 0 spiro atoms. The third-order valence-corrected chi connectivity index (χ3v) is 4.64. The van der Waals surface area contributed by atoms with Gasteiger partial charge in [-0.15, -0.1) is 35.3 Å². The van der Waals surface area contributed by atoms with Crippen LogP contribution in [0.2, 0.25) is 5.02 Å². The third kappa shape index (κ3) is 9.39. The molecule has 9 heteroatoms. The van der Waals surface area contributed by atoms with Crippen LogP contribution in [0, 0.1) is 6.92 Å². The average Bonchev–Trinajstić information content (AvgIpc) is 3.04. The molecular weight excluding hydrogens is 497 g/mol. The van der Waals surface area contributed by atoms with Crippen LogP contribution < -0.4 is 16.0 Å². The zero-order valence-electron chi connectivity index (χ0n) is 15.4. The smallest absolute Gasteiger partial charge is 0.224 e. The lowest BCUT2D eigenvalue weighted by Gasteiger charge is -2.11. The summed E-state index contributed by atoms with van der Waals surface area (Å²) < 4.78 is 0. The SMILES string of the molecule is CN=C(NCCCC(=O)Nc1ccc(Cl)cc1)NCCc1csc(C)n1.I. The lowest BCUT2D eigenvalue weighted by Crippen LogP contribution is -2.39. The molecule has 0 saturated carbocycles. The molecule has 1 aromatic heterocycles. The number of carbonyl (C=O) groups excluding carboxylic acids is 1. The average molecular weight is 522 g/mol. The van der Waals surface area contributed by atoms with Crippen molar-refractivity contribution >= 4 is 64.5 Å². The summed E-state index contributed by atoms with van der Waals surface area (Å²) >= 11 is 7.49. The monoisotopic (exact) mass is 521 g/mol. The maximum atomic E-state index is 11.9. The van der Waals surface area contributed by atoms with E-state index in [0.717, 1.165) is 35.3 Å². The topological polar surface area (TPSA) is 78.4 Å². The summed E-state index contributed by atoms with van der Waals surface area (Å²) in [6, 6.07) is 7.07. The van der Waals surface area contributed by atoms with Gasteiger partial charge in [-0.2, -0.15) is 0 Å². The Morgan fingerprint density at radius 2 is 1.93 bits per heavy atom. The standard InChI is InChI=1S/C18H24ClN5OS.HI/c1-13-23-16(12-26-13)9-11-22-18(20-2)21-10-3-4-17(25)24-15-7-5-14(19)6-8-15;/h5-8,12H,3-4,9-11H2,1-2H3,(H,24,25)(H2,20,21,22);1H. The number of aryl methyl sites for hydroxylation is 1. The molecule has 1 aromatic carbocycles. The van der Waals surface area contributed by atoms with E-state index < -0.39 is 0 Å². The second-order valence-corrected chi connectivity index (χ2v) is 7.19. The van der Waals surface area contributed by atoms with E-state index in [1.165, 1.54) is 0 Å². The Morgan fingerprint density at radius 3 is 2.56 bits per heavy atom. The van der Waals surface area contributed by atoms with E-state index in [1.807, 2.05) is 6.92 Å². The van der Waals surface area contributed by atoms with E-state index in [2.05, 4.69) is 31.3 Å². The maximum absolute atomic E-state index is 11.9. The fraction of sp³-hybridized carbons (Fsp3) is 0.389. The number of aromatic nitrogens is 1. The highest BCUT2D eigenvalue weighted by Crippen LogP contribution is 2.13. The van der Waals surface area contributed by atoms with Gasteiger partial charge in [0.1, 0.15) is 0 Å². The molecule has 1 amide bonds. The molecule has 1 heterocycles. The number of nitrogens with one attached hydrogen (secondary N) is 3. The number of aliphatic imine (C=N–C) groups is 1. The van der Waals surface area contributed by atoms with Crippen LogP contribution >= 0.6 is 46.9 Å². The number of anilines is 1. The summed E-state index contributed by atoms with van der Waals surface area (Å²) in [6.45, 7) is 3.44. The van der Waals surface area contributed by atoms with Gasteiger partial charge in [0, 0.05) is 49.1 Å². The van der Waals surface area contributed by atoms with E-state index in [1.54, 1.807) is 42.6 Å². The van der Waals surface area contributed by atoms with E-state index in [-0.39, 0.29) is 29.9 Å². The Kier molecular flexibility index (Phi) is 11.3. The minimum atomic E-state index is -0.0176. The van der Waals surface area contributed by atoms with Crippen molar-refractivity contribution in [3.05, 3.63) is 45.4 Å². The summed E-state index contributed by atoms with van der Waals surface area (Å²) in [7, 11) is 1.73. The van der Waals surface area contributed by atoms with Crippen LogP contribution in [0.5, 0.6) is 0 Å². The van der Waals surface area contributed by atoms with Crippen molar-refractivity contribution in [2.24, 2.45) is 4.99 Å². The quantitative estimate of drug-likeness (QED) is 0.213. The van der Waals surface area contributed by atoms with Crippen LogP contribution in [0.3, 0.4) is 0 Å². The normalized spacial score (nSPS) is 10.9. The Morgan fingerprint density at radius 1 is 1.22 bits per heavy atom. The van der Waals surface area contributed by atoms with E-state index >= 15 is 0 Å². The second kappa shape index (κ2) is 12.9. The van der Waals surface area contributed by atoms with Gasteiger partial charge in [0.2, 0.25) is 5.91 Å². The van der Waals surface area contributed by atoms with E-state index in [0.29, 0.717) is 24.4 Å². The molecule has 0 atom stereocenters. The summed E-state index contributed by atoms with van der Waals surface area (Å²) in [5, 5.41) is 13.1. The number of halogens is 2. The van der Waals surface area contributed by atoms with Crippen LogP contribution in [0.25, 0.3) is 0 Å². The van der Waals surface area contributed by atoms with Gasteiger partial charge < -0.3 is 16.0 Å². The van der Waals surface area contributed by atoms with Gasteiger partial charge >= 0.3 is 0 Å². The van der Waals surface area contributed by atoms with Crippen molar-refractivity contribution < 1.29 is 4.79 Å². The van der Waals surface area contributed by atoms with Crippen molar-refractivity contribution in [1.82, 2.24) is 15.6 Å². The van der Waals surface area contributed by atoms with Crippen molar-refractivity contribution in [1.29, 1.82) is 0 Å². The molecule has 0 saturated heterocycles. The molecule has 0 aliphatic carbocycles. The largest absolute Gasteiger partial charge is 0.356 e. The number of hydrogen-bond acceptors (Lipinski definition) is 4. The van der Waals surface area contributed by atoms with Gasteiger partial charge in [-0.25, -0.2) is 4.98 Å². The van der Waals surface area contributed by atoms with Crippen molar-refractivity contribution in [3.63, 3.8) is 0 Å². The molecule has 27 heavy (non-hydrogen) atoms. The molecule has 148 valence electrons. The first-order valence-electron chi connectivity index (χ1n) is 8.48. The fourth-order valence-corrected chi connectivity index (χ4v) is 3.04. The minimum Gasteiger partial charge on any atom is -0.356 e. The van der Waals surface area contributed by atoms with Crippen molar-refractivity contribution in [3.8, 4) is 0 Å². The first-order chi connectivity index (χ1) is 12.6. The van der Waals surface area contributed by atoms with Gasteiger partial charge in [-0.3, -0.25) is 9.79 Å². The molecule has 0 bridgehead atoms. The molecule has 3 N–H and O–H groups in total. The van der Waals surface area contributed by atoms with Gasteiger partial charge in [-0.1, -0.05) is 11.6 Å². The molecule has 2 rings (SSSR count). The number of thiazole rings is 1. The van der Waals surface area contributed by atoms with E-state index in [4.69, 9.17) is 11.6 Å². The number of hydrogen-bond donors (Lipinski definition) is 3. The maximum Gasteiger partial charge on any atom is 0.224 e. The van der Waals surface area contributed by atoms with Crippen molar-refractivity contribution in [2.75, 3.05) is 25.5 Å². The van der Waals surface area contributed by atoms with Crippen molar-refractivity contribution in [2.45, 2.75) is 26.2 Å². The summed E-state index contributed by atoms with van der Waals surface area (Å²) in [5.41, 5.74) is 1.84. The Bertz CT molecular complexity index is 736. The van der Waals surface area contributed by atoms with E-state index in [9.17, 15) is 4.79 Å². The zero-order valence-corrected chi connectivity index (χ0v) is 19.3. The van der Waals surface area contributed by atoms with Gasteiger partial charge in [0.05, 0.1) is 10.7 Å². The Balaban J connectivity index is 0.00000364. The highest BCUT2D eigenvalue weighted by Gasteiger charge is 2.04. The zero-order chi connectivity index (χ0) is 18.8. The predicted molar refractivity (Wildman–Crippen MR) is 125 cm³/mol. The number of rotatable bonds is 8. The van der Waals surface area contributed by atoms with Crippen LogP contribution in [0.15, 0.2) is 34.6 Å². The number of benzene rings is 1. The van der Waals surface area contributed by atoms with Gasteiger partial charge in [0.15, 0.2) is 5.96 Å². The highest BCUT2D eigenvalue weighted by atomic mass is 127. The Labute approximate surface area is 186 Å². The van der Waals surface area contributed by atoms with Crippen LogP contribution in [-0.2, 0) is 11.2 Å². The van der Waals surface area contributed by atoms with Gasteiger partial charge in [-0.05, 0) is 37.6 Å². The summed E-state index contributed by atoms with van der Waals surface area (Å²) in [6.07, 6.45) is 2.00. The molecule has 2 aromatic rings. The molecule has 6 nitrogen and oxygen atoms in total. The third-order valence-electron chi connectivity index (χ3n) is 3.56. The number of nitrogens with zero attached hydrogens (tertiary/aromatic N) is 2. The van der Waals surface area contributed by atoms with Crippen LogP contribution in [-0.4, -0.2) is 37.0 Å². The second-order valence-electron chi connectivity index (χ2n) is 5.69. The lowest BCUT2D eigenvalue weighted by molar-refractivity contribution is -0.116. The molecule has 0 radical (unpaired) electrons. The first-order valence-corrected chi connectivity index (χ1v) is 9.73. The summed E-state index contributed by atoms with van der Waals surface area (Å²) in [5.74, 6) is 0.714. The molecule has 0 aliphatic rings. The molecule has 0 aliphatic heterocycles. The number of amides is 1. The Hall–Kier alpha value is -1.39. The lowest BCUT2D eigenvalue weighted by atomic mass is 10.2. The predicted octanol–water partition coefficient (Wildman–Crippen LogP) is 3.85. The number of carbonyl (C=O) groups is 1. The summed E-state index contributed by atoms with van der Waals surface area (Å²) in [4.78, 5) is 20.5. The first kappa shape index (κ1) is 23.6. The van der Waals surface area contributed by atoms with Gasteiger partial charge in [0.25, 0.3) is 0 Å². The minimum absolute atomic E-state index is 0. The van der Waals surface area contributed by atoms with Crippen LogP contribution in [0.1, 0.15) is 23.5 Å². The number of guanidine groups is 1. The highest BCUT2D eigenvalue weighted by molar-refractivity contribution is 14.0. The molecule has 0 unspecified atom stereocenters. The van der Waals surface area contributed by atoms with Crippen LogP contribution in [0.4, 0.5) is 5.69 Å².